The molecule has 5 rings (SSSR count). The average molecular weight is 575 g/mol. The number of likely N-dealkylation sites (tertiary alicyclic amines) is 1. The van der Waals surface area contributed by atoms with Crippen molar-refractivity contribution in [1.82, 2.24) is 34.4 Å². The van der Waals surface area contributed by atoms with Crippen LogP contribution in [0.2, 0.25) is 0 Å². The first-order valence-corrected chi connectivity index (χ1v) is 14.9. The molecule has 1 atom stereocenters. The van der Waals surface area contributed by atoms with Crippen molar-refractivity contribution in [3.63, 3.8) is 0 Å². The highest BCUT2D eigenvalue weighted by Crippen LogP contribution is 2.30. The molecule has 1 aromatic carbocycles. The summed E-state index contributed by atoms with van der Waals surface area (Å²) in [6.45, 7) is 9.98. The lowest BCUT2D eigenvalue weighted by Gasteiger charge is -2.19. The van der Waals surface area contributed by atoms with E-state index in [0.29, 0.717) is 24.0 Å². The van der Waals surface area contributed by atoms with Crippen LogP contribution in [0.15, 0.2) is 36.8 Å². The number of carbonyl (C=O) groups excluding carboxylic acids is 2. The number of rotatable bonds is 10. The zero-order valence-electron chi connectivity index (χ0n) is 25.3. The number of fused-ring (bicyclic) bond motifs is 2. The summed E-state index contributed by atoms with van der Waals surface area (Å²) < 4.78 is 9.18. The minimum absolute atomic E-state index is 0.220. The van der Waals surface area contributed by atoms with Gasteiger partial charge in [-0.1, -0.05) is 18.9 Å². The number of aromatic nitrogens is 5. The number of carbonyl (C=O) groups is 2. The summed E-state index contributed by atoms with van der Waals surface area (Å²) in [6, 6.07) is 6.02. The summed E-state index contributed by atoms with van der Waals surface area (Å²) in [5.74, 6) is 0.254. The van der Waals surface area contributed by atoms with Crippen LogP contribution in [0.4, 0.5) is 10.6 Å². The van der Waals surface area contributed by atoms with Gasteiger partial charge in [-0.15, -0.1) is 0 Å². The standard InChI is InChI=1S/C31H42N8O3/c1-21-23-13-12-22(17-26(23)39(36-21)16-9-7-6-8-14-32-30(41)42-31(2,3)4)29(40)35-27-20-38-19-24(34-28(38)18-33-27)25-11-10-15-37(25)5/h12-13,17-20,25H,6-11,14-16H2,1-5H3,(H,32,41)(H,35,40)/t25-/m1/s1. The Morgan fingerprint density at radius 3 is 2.69 bits per heavy atom. The molecule has 0 saturated carbocycles. The summed E-state index contributed by atoms with van der Waals surface area (Å²) >= 11 is 0. The molecule has 0 spiro atoms. The lowest BCUT2D eigenvalue weighted by atomic mass is 10.1. The van der Waals surface area contributed by atoms with E-state index in [0.717, 1.165) is 73.1 Å². The third-order valence-electron chi connectivity index (χ3n) is 7.63. The van der Waals surface area contributed by atoms with Crippen molar-refractivity contribution < 1.29 is 14.3 Å². The van der Waals surface area contributed by atoms with E-state index in [2.05, 4.69) is 27.6 Å². The van der Waals surface area contributed by atoms with Crippen LogP contribution in [-0.4, -0.2) is 66.8 Å². The van der Waals surface area contributed by atoms with Gasteiger partial charge in [0.05, 0.1) is 35.3 Å². The molecule has 0 unspecified atom stereocenters. The molecule has 1 aliphatic rings. The van der Waals surface area contributed by atoms with Crippen LogP contribution in [0.3, 0.4) is 0 Å². The number of unbranched alkanes of at least 4 members (excludes halogenated alkanes) is 3. The molecular formula is C31H42N8O3. The SMILES string of the molecule is Cc1nn(CCCCCCNC(=O)OC(C)(C)C)c2cc(C(=O)Nc3cn4cc([C@H]5CCCN5C)nc4cn3)ccc12. The van der Waals surface area contributed by atoms with E-state index < -0.39 is 5.60 Å². The largest absolute Gasteiger partial charge is 0.444 e. The Morgan fingerprint density at radius 1 is 1.12 bits per heavy atom. The number of hydrogen-bond donors (Lipinski definition) is 2. The zero-order valence-corrected chi connectivity index (χ0v) is 25.3. The molecule has 224 valence electrons. The number of nitrogens with one attached hydrogen (secondary N) is 2. The van der Waals surface area contributed by atoms with Gasteiger partial charge in [0.2, 0.25) is 0 Å². The van der Waals surface area contributed by atoms with E-state index in [1.807, 2.05) is 67.4 Å². The van der Waals surface area contributed by atoms with Crippen LogP contribution in [0, 0.1) is 6.92 Å². The summed E-state index contributed by atoms with van der Waals surface area (Å²) in [6.07, 6.45) is 11.3. The van der Waals surface area contributed by atoms with Gasteiger partial charge >= 0.3 is 6.09 Å². The predicted octanol–water partition coefficient (Wildman–Crippen LogP) is 5.49. The molecule has 3 aromatic heterocycles. The van der Waals surface area contributed by atoms with Crippen molar-refractivity contribution in [2.45, 2.75) is 84.4 Å². The number of imidazole rings is 1. The highest BCUT2D eigenvalue weighted by Gasteiger charge is 2.25. The fraction of sp³-hybridized carbons (Fsp3) is 0.516. The molecule has 2 amide bonds. The van der Waals surface area contributed by atoms with Gasteiger partial charge in [-0.3, -0.25) is 14.4 Å². The zero-order chi connectivity index (χ0) is 29.9. The normalized spacial score (nSPS) is 15.9. The quantitative estimate of drug-likeness (QED) is 0.240. The first kappa shape index (κ1) is 29.5. The lowest BCUT2D eigenvalue weighted by Crippen LogP contribution is -2.32. The molecule has 11 heteroatoms. The number of alkyl carbamates (subject to hydrolysis) is 1. The van der Waals surface area contributed by atoms with Gasteiger partial charge in [-0.2, -0.15) is 5.10 Å². The van der Waals surface area contributed by atoms with Gasteiger partial charge in [0.25, 0.3) is 5.91 Å². The summed E-state index contributed by atoms with van der Waals surface area (Å²) in [5, 5.41) is 11.5. The topological polar surface area (TPSA) is 119 Å². The van der Waals surface area contributed by atoms with E-state index >= 15 is 0 Å². The Morgan fingerprint density at radius 2 is 1.93 bits per heavy atom. The second kappa shape index (κ2) is 12.5. The van der Waals surface area contributed by atoms with Gasteiger partial charge in [0.1, 0.15) is 11.4 Å². The summed E-state index contributed by atoms with van der Waals surface area (Å²) in [7, 11) is 2.13. The summed E-state index contributed by atoms with van der Waals surface area (Å²) in [5.41, 5.74) is 3.75. The monoisotopic (exact) mass is 574 g/mol. The minimum Gasteiger partial charge on any atom is -0.444 e. The number of nitrogens with zero attached hydrogens (tertiary/aromatic N) is 6. The maximum absolute atomic E-state index is 13.2. The maximum Gasteiger partial charge on any atom is 0.407 e. The fourth-order valence-corrected chi connectivity index (χ4v) is 5.51. The van der Waals surface area contributed by atoms with Gasteiger partial charge in [0.15, 0.2) is 5.65 Å². The molecule has 1 saturated heterocycles. The number of hydrogen-bond acceptors (Lipinski definition) is 7. The Bertz CT molecular complexity index is 1570. The maximum atomic E-state index is 13.2. The molecular weight excluding hydrogens is 532 g/mol. The Labute approximate surface area is 246 Å². The van der Waals surface area contributed by atoms with E-state index in [9.17, 15) is 9.59 Å². The predicted molar refractivity (Wildman–Crippen MR) is 163 cm³/mol. The highest BCUT2D eigenvalue weighted by atomic mass is 16.6. The fourth-order valence-electron chi connectivity index (χ4n) is 5.51. The molecule has 4 aromatic rings. The van der Waals surface area contributed by atoms with Gasteiger partial charge in [0, 0.05) is 30.2 Å². The molecule has 11 nitrogen and oxygen atoms in total. The van der Waals surface area contributed by atoms with Crippen molar-refractivity contribution in [3.05, 3.63) is 53.7 Å². The second-order valence-electron chi connectivity index (χ2n) is 12.2. The van der Waals surface area contributed by atoms with Crippen molar-refractivity contribution in [2.75, 3.05) is 25.5 Å². The van der Waals surface area contributed by atoms with Crippen LogP contribution < -0.4 is 10.6 Å². The smallest absolute Gasteiger partial charge is 0.407 e. The number of anilines is 1. The van der Waals surface area contributed by atoms with Crippen molar-refractivity contribution >= 4 is 34.4 Å². The molecule has 0 bridgehead atoms. The van der Waals surface area contributed by atoms with Crippen molar-refractivity contribution in [3.8, 4) is 0 Å². The van der Waals surface area contributed by atoms with Crippen LogP contribution in [0.5, 0.6) is 0 Å². The van der Waals surface area contributed by atoms with Gasteiger partial charge in [-0.05, 0) is 79.1 Å². The lowest BCUT2D eigenvalue weighted by molar-refractivity contribution is 0.0526. The van der Waals surface area contributed by atoms with Crippen LogP contribution in [0.25, 0.3) is 16.6 Å². The minimum atomic E-state index is -0.489. The van der Waals surface area contributed by atoms with Crippen LogP contribution in [0.1, 0.15) is 87.1 Å². The number of benzene rings is 1. The Balaban J connectivity index is 1.16. The molecule has 0 radical (unpaired) electrons. The Kier molecular flexibility index (Phi) is 8.77. The molecule has 1 fully saturated rings. The highest BCUT2D eigenvalue weighted by molar-refractivity contribution is 6.05. The first-order valence-electron chi connectivity index (χ1n) is 14.9. The van der Waals surface area contributed by atoms with E-state index in [-0.39, 0.29) is 12.0 Å². The van der Waals surface area contributed by atoms with Crippen LogP contribution in [-0.2, 0) is 11.3 Å². The average Bonchev–Trinajstić information content (AvgIpc) is 3.63. The van der Waals surface area contributed by atoms with E-state index in [1.54, 1.807) is 6.20 Å². The second-order valence-corrected chi connectivity index (χ2v) is 12.2. The van der Waals surface area contributed by atoms with E-state index in [4.69, 9.17) is 14.8 Å². The van der Waals surface area contributed by atoms with Crippen molar-refractivity contribution in [1.29, 1.82) is 0 Å². The molecule has 4 heterocycles. The molecule has 1 aliphatic heterocycles. The molecule has 42 heavy (non-hydrogen) atoms. The Hall–Kier alpha value is -3.99. The van der Waals surface area contributed by atoms with E-state index in [1.165, 1.54) is 6.42 Å². The number of aryl methyl sites for hydroxylation is 2. The van der Waals surface area contributed by atoms with Gasteiger partial charge < -0.3 is 19.8 Å². The van der Waals surface area contributed by atoms with Crippen LogP contribution >= 0.6 is 0 Å². The first-order chi connectivity index (χ1) is 20.1. The number of amides is 2. The third-order valence-corrected chi connectivity index (χ3v) is 7.63. The number of ether oxygens (including phenoxy) is 1. The van der Waals surface area contributed by atoms with Crippen molar-refractivity contribution in [2.24, 2.45) is 0 Å². The third kappa shape index (κ3) is 7.07. The molecule has 0 aliphatic carbocycles. The molecule has 2 N–H and O–H groups in total. The summed E-state index contributed by atoms with van der Waals surface area (Å²) in [4.78, 5) is 36.5. The van der Waals surface area contributed by atoms with Gasteiger partial charge in [-0.25, -0.2) is 14.8 Å².